The first-order valence-corrected chi connectivity index (χ1v) is 11.5. The van der Waals surface area contributed by atoms with Crippen molar-refractivity contribution >= 4 is 17.6 Å². The Balaban J connectivity index is 2.15. The zero-order valence-electron chi connectivity index (χ0n) is 19.0. The van der Waals surface area contributed by atoms with Gasteiger partial charge in [-0.05, 0) is 66.8 Å². The molecule has 0 radical (unpaired) electrons. The molecule has 0 bridgehead atoms. The Hall–Kier alpha value is -2.14. The van der Waals surface area contributed by atoms with Gasteiger partial charge in [0.2, 0.25) is 0 Å². The molecular formula is C26H31ClF2O3. The minimum Gasteiger partial charge on any atom is -0.489 e. The van der Waals surface area contributed by atoms with E-state index in [-0.39, 0.29) is 18.0 Å². The minimum absolute atomic E-state index is 0.133. The van der Waals surface area contributed by atoms with E-state index in [2.05, 4.69) is 13.8 Å². The van der Waals surface area contributed by atoms with Crippen LogP contribution in [0.1, 0.15) is 57.6 Å². The predicted molar refractivity (Wildman–Crippen MR) is 124 cm³/mol. The third kappa shape index (κ3) is 5.09. The Labute approximate surface area is 194 Å². The van der Waals surface area contributed by atoms with E-state index in [9.17, 15) is 13.6 Å². The van der Waals surface area contributed by atoms with Crippen molar-refractivity contribution in [1.29, 1.82) is 0 Å². The van der Waals surface area contributed by atoms with Crippen LogP contribution in [0.15, 0.2) is 36.4 Å². The van der Waals surface area contributed by atoms with E-state index >= 15 is 0 Å². The fraction of sp³-hybridized carbons (Fsp3) is 0.500. The first-order valence-electron chi connectivity index (χ1n) is 11.1. The van der Waals surface area contributed by atoms with Gasteiger partial charge in [0, 0.05) is 5.56 Å². The van der Waals surface area contributed by atoms with Gasteiger partial charge >= 0.3 is 5.97 Å². The Kier molecular flexibility index (Phi) is 7.81. The molecule has 0 N–H and O–H groups in total. The van der Waals surface area contributed by atoms with Crippen LogP contribution in [0.3, 0.4) is 0 Å². The second-order valence-corrected chi connectivity index (χ2v) is 9.58. The average molecular weight is 465 g/mol. The van der Waals surface area contributed by atoms with Crippen molar-refractivity contribution < 1.29 is 23.0 Å². The highest BCUT2D eigenvalue weighted by Gasteiger charge is 2.47. The van der Waals surface area contributed by atoms with Gasteiger partial charge in [-0.3, -0.25) is 4.79 Å². The van der Waals surface area contributed by atoms with Crippen molar-refractivity contribution in [3.05, 3.63) is 52.5 Å². The second kappa shape index (κ2) is 10.2. The number of esters is 1. The number of ether oxygens (including phenoxy) is 2. The molecule has 3 rings (SSSR count). The molecule has 0 saturated heterocycles. The molecule has 0 aliphatic heterocycles. The summed E-state index contributed by atoms with van der Waals surface area (Å²) < 4.78 is 37.0. The van der Waals surface area contributed by atoms with Crippen LogP contribution < -0.4 is 4.74 Å². The molecule has 6 heteroatoms. The fourth-order valence-electron chi connectivity index (χ4n) is 4.38. The molecule has 2 aromatic carbocycles. The van der Waals surface area contributed by atoms with E-state index in [1.54, 1.807) is 37.3 Å². The number of rotatable bonds is 8. The van der Waals surface area contributed by atoms with Gasteiger partial charge in [-0.15, -0.1) is 0 Å². The summed E-state index contributed by atoms with van der Waals surface area (Å²) in [6, 6.07) is 10.6. The van der Waals surface area contributed by atoms with E-state index in [0.717, 1.165) is 24.0 Å². The lowest BCUT2D eigenvalue weighted by molar-refractivity contribution is -0.152. The Bertz CT molecular complexity index is 931. The molecule has 2 aromatic rings. The highest BCUT2D eigenvalue weighted by atomic mass is 35.5. The number of carbonyl (C=O) groups excluding carboxylic acids is 1. The van der Waals surface area contributed by atoms with E-state index in [1.165, 1.54) is 0 Å². The third-order valence-corrected chi connectivity index (χ3v) is 6.74. The SMILES string of the molecule is CCOC(=O)C1(c2cc(Cl)c(OCCF)c(-c3ccc(CF)cc3)c2)CCC(C)(C)CC1. The van der Waals surface area contributed by atoms with Crippen LogP contribution in [-0.4, -0.2) is 25.9 Å². The lowest BCUT2D eigenvalue weighted by Crippen LogP contribution is -2.42. The van der Waals surface area contributed by atoms with E-state index in [4.69, 9.17) is 21.1 Å². The van der Waals surface area contributed by atoms with Crippen molar-refractivity contribution in [2.24, 2.45) is 5.41 Å². The molecule has 0 heterocycles. The molecule has 1 aliphatic carbocycles. The topological polar surface area (TPSA) is 35.5 Å². The molecule has 0 spiro atoms. The standard InChI is InChI=1S/C26H31ClF2O3/c1-4-31-24(30)26(11-9-25(2,3)10-12-26)20-15-21(19-7-5-18(17-29)6-8-19)23(22(27)16-20)32-14-13-28/h5-8,15-16H,4,9-14,17H2,1-3H3. The summed E-state index contributed by atoms with van der Waals surface area (Å²) in [7, 11) is 0. The molecule has 1 aliphatic rings. The van der Waals surface area contributed by atoms with E-state index < -0.39 is 18.8 Å². The maximum Gasteiger partial charge on any atom is 0.316 e. The molecule has 32 heavy (non-hydrogen) atoms. The van der Waals surface area contributed by atoms with Gasteiger partial charge in [-0.2, -0.15) is 0 Å². The zero-order chi connectivity index (χ0) is 23.4. The van der Waals surface area contributed by atoms with Gasteiger partial charge in [0.15, 0.2) is 0 Å². The molecular weight excluding hydrogens is 434 g/mol. The number of hydrogen-bond donors (Lipinski definition) is 0. The summed E-state index contributed by atoms with van der Waals surface area (Å²) in [5.41, 5.74) is 2.08. The molecule has 3 nitrogen and oxygen atoms in total. The average Bonchev–Trinajstić information content (AvgIpc) is 2.78. The summed E-state index contributed by atoms with van der Waals surface area (Å²) in [4.78, 5) is 13.2. The summed E-state index contributed by atoms with van der Waals surface area (Å²) >= 11 is 6.64. The fourth-order valence-corrected chi connectivity index (χ4v) is 4.65. The third-order valence-electron chi connectivity index (χ3n) is 6.46. The second-order valence-electron chi connectivity index (χ2n) is 9.17. The number of carbonyl (C=O) groups is 1. The zero-order valence-corrected chi connectivity index (χ0v) is 19.7. The van der Waals surface area contributed by atoms with Crippen LogP contribution in [0, 0.1) is 5.41 Å². The van der Waals surface area contributed by atoms with Gasteiger partial charge in [-0.25, -0.2) is 8.78 Å². The van der Waals surface area contributed by atoms with Gasteiger partial charge in [-0.1, -0.05) is 49.7 Å². The number of alkyl halides is 2. The van der Waals surface area contributed by atoms with Crippen molar-refractivity contribution in [2.45, 2.75) is 58.5 Å². The molecule has 0 atom stereocenters. The van der Waals surface area contributed by atoms with Crippen molar-refractivity contribution in [2.75, 3.05) is 19.9 Å². The number of hydrogen-bond acceptors (Lipinski definition) is 3. The Morgan fingerprint density at radius 2 is 1.72 bits per heavy atom. The highest BCUT2D eigenvalue weighted by Crippen LogP contribution is 2.50. The van der Waals surface area contributed by atoms with Crippen LogP contribution in [0.5, 0.6) is 5.75 Å². The minimum atomic E-state index is -0.804. The molecule has 1 saturated carbocycles. The van der Waals surface area contributed by atoms with Gasteiger partial charge in [0.1, 0.15) is 25.7 Å². The van der Waals surface area contributed by atoms with Crippen molar-refractivity contribution in [1.82, 2.24) is 0 Å². The summed E-state index contributed by atoms with van der Waals surface area (Å²) in [6.45, 7) is 5.17. The molecule has 0 unspecified atom stereocenters. The highest BCUT2D eigenvalue weighted by molar-refractivity contribution is 6.32. The van der Waals surface area contributed by atoms with Gasteiger partial charge in [0.05, 0.1) is 17.0 Å². The molecule has 174 valence electrons. The van der Waals surface area contributed by atoms with Crippen LogP contribution >= 0.6 is 11.6 Å². The maximum absolute atomic E-state index is 13.2. The summed E-state index contributed by atoms with van der Waals surface area (Å²) in [5.74, 6) is 0.110. The van der Waals surface area contributed by atoms with Crippen molar-refractivity contribution in [3.8, 4) is 16.9 Å². The molecule has 0 amide bonds. The number of halogens is 3. The predicted octanol–water partition coefficient (Wildman–Crippen LogP) is 7.23. The molecule has 0 aromatic heterocycles. The summed E-state index contributed by atoms with van der Waals surface area (Å²) in [5, 5.41) is 0.314. The lowest BCUT2D eigenvalue weighted by atomic mass is 9.62. The summed E-state index contributed by atoms with van der Waals surface area (Å²) in [6.07, 6.45) is 3.06. The van der Waals surface area contributed by atoms with Crippen LogP contribution in [0.2, 0.25) is 5.02 Å². The number of benzene rings is 2. The van der Waals surface area contributed by atoms with Gasteiger partial charge < -0.3 is 9.47 Å². The monoisotopic (exact) mass is 464 g/mol. The van der Waals surface area contributed by atoms with Crippen LogP contribution in [0.4, 0.5) is 8.78 Å². The first kappa shape index (κ1) is 24.5. The Morgan fingerprint density at radius 1 is 1.06 bits per heavy atom. The smallest absolute Gasteiger partial charge is 0.316 e. The van der Waals surface area contributed by atoms with E-state index in [1.807, 2.05) is 6.07 Å². The van der Waals surface area contributed by atoms with Crippen molar-refractivity contribution in [3.63, 3.8) is 0 Å². The quantitative estimate of drug-likeness (QED) is 0.386. The Morgan fingerprint density at radius 3 is 2.28 bits per heavy atom. The van der Waals surface area contributed by atoms with Crippen LogP contribution in [0.25, 0.3) is 11.1 Å². The van der Waals surface area contributed by atoms with E-state index in [0.29, 0.717) is 41.3 Å². The van der Waals surface area contributed by atoms with Crippen LogP contribution in [-0.2, 0) is 21.6 Å². The largest absolute Gasteiger partial charge is 0.489 e. The lowest BCUT2D eigenvalue weighted by Gasteiger charge is -2.42. The maximum atomic E-state index is 13.2. The molecule has 1 fully saturated rings. The van der Waals surface area contributed by atoms with Gasteiger partial charge in [0.25, 0.3) is 0 Å². The normalized spacial score (nSPS) is 17.1. The first-order chi connectivity index (χ1) is 15.3.